The van der Waals surface area contributed by atoms with E-state index in [2.05, 4.69) is 10.2 Å². The molecule has 28 heavy (non-hydrogen) atoms. The second kappa shape index (κ2) is 8.05. The first-order chi connectivity index (χ1) is 13.5. The zero-order chi connectivity index (χ0) is 19.7. The largest absolute Gasteiger partial charge is 0.315 e. The molecule has 1 aromatic carbocycles. The molecule has 0 radical (unpaired) electrons. The number of pyridine rings is 1. The predicted molar refractivity (Wildman–Crippen MR) is 110 cm³/mol. The van der Waals surface area contributed by atoms with Crippen molar-refractivity contribution in [3.05, 3.63) is 62.4 Å². The van der Waals surface area contributed by atoms with Gasteiger partial charge in [0.25, 0.3) is 5.69 Å². The first-order valence-corrected chi connectivity index (χ1v) is 9.82. The highest BCUT2D eigenvalue weighted by molar-refractivity contribution is 6.42. The van der Waals surface area contributed by atoms with Crippen LogP contribution >= 0.6 is 23.2 Å². The Kier molecular flexibility index (Phi) is 5.50. The Morgan fingerprint density at radius 1 is 1.14 bits per heavy atom. The van der Waals surface area contributed by atoms with Crippen LogP contribution in [0.2, 0.25) is 10.0 Å². The number of imidazole rings is 1. The van der Waals surface area contributed by atoms with Gasteiger partial charge >= 0.3 is 0 Å². The molecule has 7 nitrogen and oxygen atoms in total. The highest BCUT2D eigenvalue weighted by Gasteiger charge is 2.20. The molecule has 146 valence electrons. The lowest BCUT2D eigenvalue weighted by Crippen LogP contribution is -2.28. The molecule has 3 aromatic rings. The molecule has 9 heteroatoms. The monoisotopic (exact) mass is 419 g/mol. The SMILES string of the molecule is O=[N+]([O-])c1ccc2nc(-c3ccc(Cl)c(Cl)c3)c(CN3CCCNCC3)n2c1. The van der Waals surface area contributed by atoms with Gasteiger partial charge in [-0.2, -0.15) is 0 Å². The molecule has 0 aliphatic carbocycles. The second-order valence-electron chi connectivity index (χ2n) is 6.79. The first kappa shape index (κ1) is 19.1. The minimum atomic E-state index is -0.391. The summed E-state index contributed by atoms with van der Waals surface area (Å²) >= 11 is 12.3. The van der Waals surface area contributed by atoms with Gasteiger partial charge in [-0.1, -0.05) is 29.3 Å². The molecule has 1 N–H and O–H groups in total. The summed E-state index contributed by atoms with van der Waals surface area (Å²) in [5.41, 5.74) is 3.19. The molecule has 1 saturated heterocycles. The van der Waals surface area contributed by atoms with Crippen molar-refractivity contribution in [3.63, 3.8) is 0 Å². The molecule has 1 fully saturated rings. The number of rotatable bonds is 4. The quantitative estimate of drug-likeness (QED) is 0.510. The van der Waals surface area contributed by atoms with Crippen molar-refractivity contribution >= 4 is 34.5 Å². The summed E-state index contributed by atoms with van der Waals surface area (Å²) in [6.07, 6.45) is 2.59. The molecule has 0 unspecified atom stereocenters. The summed E-state index contributed by atoms with van der Waals surface area (Å²) in [4.78, 5) is 18.0. The van der Waals surface area contributed by atoms with E-state index in [4.69, 9.17) is 28.2 Å². The third-order valence-electron chi connectivity index (χ3n) is 4.91. The fourth-order valence-corrected chi connectivity index (χ4v) is 3.79. The smallest absolute Gasteiger partial charge is 0.286 e. The number of nitrogens with zero attached hydrogens (tertiary/aromatic N) is 4. The molecule has 3 heterocycles. The number of hydrogen-bond acceptors (Lipinski definition) is 5. The molecule has 0 atom stereocenters. The van der Waals surface area contributed by atoms with Crippen molar-refractivity contribution in [1.29, 1.82) is 0 Å². The summed E-state index contributed by atoms with van der Waals surface area (Å²) in [5.74, 6) is 0. The molecule has 1 aliphatic rings. The van der Waals surface area contributed by atoms with E-state index < -0.39 is 4.92 Å². The van der Waals surface area contributed by atoms with E-state index in [0.29, 0.717) is 22.2 Å². The second-order valence-corrected chi connectivity index (χ2v) is 7.60. The van der Waals surface area contributed by atoms with Crippen LogP contribution in [0.4, 0.5) is 5.69 Å². The van der Waals surface area contributed by atoms with Gasteiger partial charge < -0.3 is 5.32 Å². The number of nitrogens with one attached hydrogen (secondary N) is 1. The molecule has 0 bridgehead atoms. The van der Waals surface area contributed by atoms with E-state index in [9.17, 15) is 10.1 Å². The fraction of sp³-hybridized carbons (Fsp3) is 0.316. The number of aromatic nitrogens is 2. The van der Waals surface area contributed by atoms with E-state index >= 15 is 0 Å². The van der Waals surface area contributed by atoms with Crippen LogP contribution in [0, 0.1) is 10.1 Å². The van der Waals surface area contributed by atoms with E-state index in [-0.39, 0.29) is 5.69 Å². The van der Waals surface area contributed by atoms with Crippen LogP contribution in [0.1, 0.15) is 12.1 Å². The highest BCUT2D eigenvalue weighted by Crippen LogP contribution is 2.32. The minimum absolute atomic E-state index is 0.0318. The van der Waals surface area contributed by atoms with Gasteiger partial charge in [0.05, 0.1) is 32.6 Å². The lowest BCUT2D eigenvalue weighted by molar-refractivity contribution is -0.385. The minimum Gasteiger partial charge on any atom is -0.315 e. The Bertz CT molecular complexity index is 1030. The van der Waals surface area contributed by atoms with Crippen molar-refractivity contribution in [3.8, 4) is 11.3 Å². The third kappa shape index (κ3) is 3.84. The summed E-state index contributed by atoms with van der Waals surface area (Å²) in [5, 5.41) is 15.6. The summed E-state index contributed by atoms with van der Waals surface area (Å²) in [6.45, 7) is 4.41. The first-order valence-electron chi connectivity index (χ1n) is 9.07. The average molecular weight is 420 g/mol. The lowest BCUT2D eigenvalue weighted by atomic mass is 10.1. The third-order valence-corrected chi connectivity index (χ3v) is 5.65. The summed E-state index contributed by atoms with van der Waals surface area (Å²) in [6, 6.07) is 8.55. The van der Waals surface area contributed by atoms with Crippen LogP contribution in [0.3, 0.4) is 0 Å². The summed E-state index contributed by atoms with van der Waals surface area (Å²) < 4.78 is 1.81. The maximum atomic E-state index is 11.3. The van der Waals surface area contributed by atoms with Gasteiger partial charge in [-0.3, -0.25) is 19.4 Å². The van der Waals surface area contributed by atoms with Gasteiger partial charge in [0, 0.05) is 31.3 Å². The molecule has 0 amide bonds. The molecular weight excluding hydrogens is 401 g/mol. The molecule has 1 aliphatic heterocycles. The molecule has 0 spiro atoms. The Morgan fingerprint density at radius 2 is 2.00 bits per heavy atom. The van der Waals surface area contributed by atoms with Gasteiger partial charge in [-0.25, -0.2) is 4.98 Å². The van der Waals surface area contributed by atoms with E-state index in [1.54, 1.807) is 18.2 Å². The van der Waals surface area contributed by atoms with Gasteiger partial charge in [0.2, 0.25) is 0 Å². The number of fused-ring (bicyclic) bond motifs is 1. The van der Waals surface area contributed by atoms with Gasteiger partial charge in [-0.15, -0.1) is 0 Å². The Morgan fingerprint density at radius 3 is 2.79 bits per heavy atom. The zero-order valence-electron chi connectivity index (χ0n) is 15.1. The van der Waals surface area contributed by atoms with Crippen LogP contribution < -0.4 is 5.32 Å². The molecule has 2 aromatic heterocycles. The van der Waals surface area contributed by atoms with Crippen molar-refractivity contribution in [2.45, 2.75) is 13.0 Å². The Hall–Kier alpha value is -2.19. The van der Waals surface area contributed by atoms with Crippen molar-refractivity contribution < 1.29 is 4.92 Å². The molecule has 4 rings (SSSR count). The maximum Gasteiger partial charge on any atom is 0.286 e. The number of benzene rings is 1. The van der Waals surface area contributed by atoms with Crippen molar-refractivity contribution in [2.75, 3.05) is 26.2 Å². The standard InChI is InChI=1S/C19H19Cl2N5O2/c20-15-4-2-13(10-16(15)21)19-17(12-24-8-1-6-22-7-9-24)25-11-14(26(27)28)3-5-18(25)23-19/h2-5,10-11,22H,1,6-9,12H2. The highest BCUT2D eigenvalue weighted by atomic mass is 35.5. The van der Waals surface area contributed by atoms with Crippen LogP contribution in [-0.2, 0) is 6.54 Å². The van der Waals surface area contributed by atoms with Gasteiger partial charge in [0.1, 0.15) is 5.65 Å². The van der Waals surface area contributed by atoms with Gasteiger partial charge in [-0.05, 0) is 37.7 Å². The number of halogens is 2. The molecule has 0 saturated carbocycles. The van der Waals surface area contributed by atoms with Crippen LogP contribution in [-0.4, -0.2) is 45.4 Å². The van der Waals surface area contributed by atoms with Crippen LogP contribution in [0.25, 0.3) is 16.9 Å². The Balaban J connectivity index is 1.84. The fourth-order valence-electron chi connectivity index (χ4n) is 3.49. The van der Waals surface area contributed by atoms with Crippen LogP contribution in [0.15, 0.2) is 36.5 Å². The van der Waals surface area contributed by atoms with E-state index in [1.165, 1.54) is 12.3 Å². The van der Waals surface area contributed by atoms with Crippen LogP contribution in [0.5, 0.6) is 0 Å². The average Bonchev–Trinajstić information content (AvgIpc) is 2.84. The van der Waals surface area contributed by atoms with E-state index in [1.807, 2.05) is 10.5 Å². The van der Waals surface area contributed by atoms with Gasteiger partial charge in [0.15, 0.2) is 0 Å². The van der Waals surface area contributed by atoms with E-state index in [0.717, 1.165) is 49.6 Å². The number of nitro groups is 1. The number of hydrogen-bond donors (Lipinski definition) is 1. The zero-order valence-corrected chi connectivity index (χ0v) is 16.6. The maximum absolute atomic E-state index is 11.3. The molecular formula is C19H19Cl2N5O2. The van der Waals surface area contributed by atoms with Crippen molar-refractivity contribution in [1.82, 2.24) is 19.6 Å². The van der Waals surface area contributed by atoms with Crippen molar-refractivity contribution in [2.24, 2.45) is 0 Å². The summed E-state index contributed by atoms with van der Waals surface area (Å²) in [7, 11) is 0. The topological polar surface area (TPSA) is 75.7 Å². The predicted octanol–water partition coefficient (Wildman–Crippen LogP) is 4.01. The normalized spacial score (nSPS) is 15.6. The lowest BCUT2D eigenvalue weighted by Gasteiger charge is -2.20. The Labute approximate surface area is 172 Å².